The Bertz CT molecular complexity index is 390. The molecule has 0 amide bonds. The Morgan fingerprint density at radius 2 is 1.76 bits per heavy atom. The molecule has 0 aromatic heterocycles. The second-order valence-corrected chi connectivity index (χ2v) is 7.44. The van der Waals surface area contributed by atoms with Gasteiger partial charge in [-0.15, -0.1) is 0 Å². The molecule has 21 heavy (non-hydrogen) atoms. The lowest BCUT2D eigenvalue weighted by atomic mass is 9.78. The molecule has 1 aromatic rings. The van der Waals surface area contributed by atoms with Gasteiger partial charge in [0.2, 0.25) is 0 Å². The van der Waals surface area contributed by atoms with Crippen LogP contribution in [0.15, 0.2) is 30.3 Å². The summed E-state index contributed by atoms with van der Waals surface area (Å²) in [4.78, 5) is 0. The zero-order valence-electron chi connectivity index (χ0n) is 14.2. The maximum atomic E-state index is 3.93. The van der Waals surface area contributed by atoms with Gasteiger partial charge in [-0.3, -0.25) is 0 Å². The molecule has 0 bridgehead atoms. The van der Waals surface area contributed by atoms with Gasteiger partial charge in [-0.05, 0) is 42.6 Å². The van der Waals surface area contributed by atoms with E-state index in [0.717, 1.165) is 5.92 Å². The van der Waals surface area contributed by atoms with Gasteiger partial charge in [0.1, 0.15) is 0 Å². The fourth-order valence-corrected chi connectivity index (χ4v) is 4.14. The molecule has 0 spiro atoms. The van der Waals surface area contributed by atoms with E-state index in [9.17, 15) is 0 Å². The number of hydrogen-bond donors (Lipinski definition) is 1. The van der Waals surface area contributed by atoms with Crippen LogP contribution in [0.1, 0.15) is 77.3 Å². The predicted molar refractivity (Wildman–Crippen MR) is 92.4 cm³/mol. The minimum atomic E-state index is 0.529. The summed E-state index contributed by atoms with van der Waals surface area (Å²) in [6.07, 6.45) is 9.56. The van der Waals surface area contributed by atoms with E-state index in [2.05, 4.69) is 56.4 Å². The van der Waals surface area contributed by atoms with Crippen LogP contribution in [0, 0.1) is 11.3 Å². The zero-order valence-corrected chi connectivity index (χ0v) is 14.2. The Balaban J connectivity index is 2.00. The third kappa shape index (κ3) is 4.85. The van der Waals surface area contributed by atoms with E-state index in [1.807, 2.05) is 0 Å². The summed E-state index contributed by atoms with van der Waals surface area (Å²) in [6, 6.07) is 11.5. The SMILES string of the molecule is CCCC(NCC1(CC(C)C)CCCC1)c1ccccc1. The highest BCUT2D eigenvalue weighted by Gasteiger charge is 2.34. The average Bonchev–Trinajstić information content (AvgIpc) is 2.92. The Hall–Kier alpha value is -0.820. The van der Waals surface area contributed by atoms with Crippen molar-refractivity contribution >= 4 is 0 Å². The van der Waals surface area contributed by atoms with Gasteiger partial charge in [-0.2, -0.15) is 0 Å². The molecule has 2 rings (SSSR count). The van der Waals surface area contributed by atoms with Crippen molar-refractivity contribution in [2.75, 3.05) is 6.54 Å². The molecule has 1 saturated carbocycles. The first kappa shape index (κ1) is 16.5. The Morgan fingerprint density at radius 1 is 1.10 bits per heavy atom. The molecule has 1 fully saturated rings. The first-order valence-electron chi connectivity index (χ1n) is 8.93. The van der Waals surface area contributed by atoms with Crippen LogP contribution in [0.3, 0.4) is 0 Å². The van der Waals surface area contributed by atoms with Crippen LogP contribution >= 0.6 is 0 Å². The van der Waals surface area contributed by atoms with Crippen molar-refractivity contribution in [2.24, 2.45) is 11.3 Å². The van der Waals surface area contributed by atoms with Crippen molar-refractivity contribution in [2.45, 2.75) is 71.8 Å². The highest BCUT2D eigenvalue weighted by atomic mass is 14.9. The van der Waals surface area contributed by atoms with E-state index in [0.29, 0.717) is 11.5 Å². The first-order chi connectivity index (χ1) is 10.2. The third-order valence-corrected chi connectivity index (χ3v) is 5.01. The van der Waals surface area contributed by atoms with E-state index in [4.69, 9.17) is 0 Å². The minimum Gasteiger partial charge on any atom is -0.309 e. The molecule has 1 N–H and O–H groups in total. The van der Waals surface area contributed by atoms with Gasteiger partial charge < -0.3 is 5.32 Å². The van der Waals surface area contributed by atoms with Crippen molar-refractivity contribution in [3.8, 4) is 0 Å². The molecule has 0 radical (unpaired) electrons. The van der Waals surface area contributed by atoms with Crippen molar-refractivity contribution < 1.29 is 0 Å². The van der Waals surface area contributed by atoms with Crippen molar-refractivity contribution in [3.63, 3.8) is 0 Å². The zero-order chi connectivity index (χ0) is 15.1. The summed E-state index contributed by atoms with van der Waals surface area (Å²) in [5, 5.41) is 3.93. The monoisotopic (exact) mass is 287 g/mol. The lowest BCUT2D eigenvalue weighted by molar-refractivity contribution is 0.213. The maximum absolute atomic E-state index is 3.93. The first-order valence-corrected chi connectivity index (χ1v) is 8.93. The molecule has 1 aliphatic carbocycles. The quantitative estimate of drug-likeness (QED) is 0.644. The average molecular weight is 287 g/mol. The third-order valence-electron chi connectivity index (χ3n) is 5.01. The summed E-state index contributed by atoms with van der Waals surface area (Å²) in [7, 11) is 0. The second kappa shape index (κ2) is 7.98. The highest BCUT2D eigenvalue weighted by Crippen LogP contribution is 2.43. The highest BCUT2D eigenvalue weighted by molar-refractivity contribution is 5.18. The molecular formula is C20H33N. The molecule has 0 saturated heterocycles. The summed E-state index contributed by atoms with van der Waals surface area (Å²) < 4.78 is 0. The van der Waals surface area contributed by atoms with E-state index in [-0.39, 0.29) is 0 Å². The van der Waals surface area contributed by atoms with Gasteiger partial charge in [0.15, 0.2) is 0 Å². The number of benzene rings is 1. The molecular weight excluding hydrogens is 254 g/mol. The van der Waals surface area contributed by atoms with Gasteiger partial charge in [0, 0.05) is 12.6 Å². The molecule has 1 nitrogen and oxygen atoms in total. The lowest BCUT2D eigenvalue weighted by Gasteiger charge is -2.33. The molecule has 1 atom stereocenters. The van der Waals surface area contributed by atoms with E-state index in [1.54, 1.807) is 0 Å². The van der Waals surface area contributed by atoms with Crippen LogP contribution in [0.4, 0.5) is 0 Å². The number of rotatable bonds is 8. The maximum Gasteiger partial charge on any atom is 0.0320 e. The van der Waals surface area contributed by atoms with Gasteiger partial charge in [-0.25, -0.2) is 0 Å². The van der Waals surface area contributed by atoms with Gasteiger partial charge >= 0.3 is 0 Å². The summed E-state index contributed by atoms with van der Waals surface area (Å²) in [5.74, 6) is 0.811. The minimum absolute atomic E-state index is 0.529. The Labute approximate surface area is 131 Å². The second-order valence-electron chi connectivity index (χ2n) is 7.44. The molecule has 1 unspecified atom stereocenters. The van der Waals surface area contributed by atoms with Gasteiger partial charge in [0.05, 0.1) is 0 Å². The van der Waals surface area contributed by atoms with Gasteiger partial charge in [0.25, 0.3) is 0 Å². The van der Waals surface area contributed by atoms with Crippen LogP contribution in [0.2, 0.25) is 0 Å². The van der Waals surface area contributed by atoms with Crippen LogP contribution in [-0.2, 0) is 0 Å². The van der Waals surface area contributed by atoms with Gasteiger partial charge in [-0.1, -0.05) is 70.4 Å². The topological polar surface area (TPSA) is 12.0 Å². The normalized spacial score (nSPS) is 19.0. The molecule has 0 aliphatic heterocycles. The fraction of sp³-hybridized carbons (Fsp3) is 0.700. The van der Waals surface area contributed by atoms with Crippen molar-refractivity contribution in [3.05, 3.63) is 35.9 Å². The summed E-state index contributed by atoms with van der Waals surface area (Å²) in [5.41, 5.74) is 2.02. The lowest BCUT2D eigenvalue weighted by Crippen LogP contribution is -2.35. The van der Waals surface area contributed by atoms with E-state index in [1.165, 1.54) is 57.1 Å². The fourth-order valence-electron chi connectivity index (χ4n) is 4.14. The molecule has 1 heteroatoms. The number of hydrogen-bond acceptors (Lipinski definition) is 1. The van der Waals surface area contributed by atoms with Crippen LogP contribution in [0.5, 0.6) is 0 Å². The largest absolute Gasteiger partial charge is 0.309 e. The predicted octanol–water partition coefficient (Wildman–Crippen LogP) is 5.72. The summed E-state index contributed by atoms with van der Waals surface area (Å²) in [6.45, 7) is 8.24. The standard InChI is InChI=1S/C20H33N/c1-4-10-19(18-11-6-5-7-12-18)21-16-20(15-17(2)3)13-8-9-14-20/h5-7,11-12,17,19,21H,4,8-10,13-16H2,1-3H3. The van der Waals surface area contributed by atoms with Crippen LogP contribution in [-0.4, -0.2) is 6.54 Å². The number of nitrogens with one attached hydrogen (secondary N) is 1. The molecule has 118 valence electrons. The van der Waals surface area contributed by atoms with Crippen molar-refractivity contribution in [1.82, 2.24) is 5.32 Å². The smallest absolute Gasteiger partial charge is 0.0320 e. The molecule has 1 aromatic carbocycles. The van der Waals surface area contributed by atoms with Crippen LogP contribution < -0.4 is 5.32 Å². The van der Waals surface area contributed by atoms with Crippen LogP contribution in [0.25, 0.3) is 0 Å². The van der Waals surface area contributed by atoms with E-state index >= 15 is 0 Å². The Kier molecular flexibility index (Phi) is 6.29. The molecule has 1 aliphatic rings. The summed E-state index contributed by atoms with van der Waals surface area (Å²) >= 11 is 0. The Morgan fingerprint density at radius 3 is 2.33 bits per heavy atom. The molecule has 0 heterocycles. The van der Waals surface area contributed by atoms with Crippen molar-refractivity contribution in [1.29, 1.82) is 0 Å². The van der Waals surface area contributed by atoms with E-state index < -0.39 is 0 Å².